The maximum atomic E-state index is 14.8. The first-order valence-corrected chi connectivity index (χ1v) is 29.9. The third-order valence-corrected chi connectivity index (χ3v) is 15.9. The maximum absolute atomic E-state index is 14.8. The van der Waals surface area contributed by atoms with Gasteiger partial charge in [-0.2, -0.15) is 0 Å². The first-order chi connectivity index (χ1) is 40.5. The molecule has 0 aromatic heterocycles. The molecule has 24 heteroatoms. The molecule has 0 spiro atoms. The van der Waals surface area contributed by atoms with Crippen LogP contribution < -0.4 is 37.6 Å². The number of likely N-dealkylation sites (N-methyl/N-ethyl adjacent to an activating group) is 2. The highest BCUT2D eigenvalue weighted by atomic mass is 16.6. The molecule has 2 aromatic rings. The number of anilines is 1. The number of hydrogen-bond donors (Lipinski definition) is 8. The molecule has 1 saturated heterocycles. The number of methoxy groups -OCH3 is 2. The van der Waals surface area contributed by atoms with Gasteiger partial charge in [0.2, 0.25) is 41.4 Å². The molecule has 1 aliphatic heterocycles. The standard InChI is InChI=1S/C62H98N10O14/c1-16-39(10)52(47(84-14)33-48(73)72-31-21-25-46(72)53(85-15)40(11)55(75)67-45(60(80)81)32-41-22-18-17-19-23-41)70(12)59(79)50(36(4)5)69-58(78)51(37(6)7)71(13)62(83)86-34-42-26-28-43(29-27-42)65-56(76)44(24-20-30-64-61(63)82)66-57(77)49(35(2)3)68-54(74)38(8)9/h17-19,22-23,26-29,35-40,44-47,49-53H,16,20-21,24-25,30-34H2,1-15H3,(H,65,76)(H,66,77)(H,67,75)(H,68,74)(H,69,78)(H,80,81)(H3,63,64,82). The highest BCUT2D eigenvalue weighted by Crippen LogP contribution is 2.30. The van der Waals surface area contributed by atoms with Crippen LogP contribution in [0.5, 0.6) is 0 Å². The molecule has 24 nitrogen and oxygen atoms in total. The van der Waals surface area contributed by atoms with Gasteiger partial charge in [-0.05, 0) is 72.6 Å². The number of likely N-dealkylation sites (tertiary alicyclic amines) is 1. The number of carbonyl (C=O) groups excluding carboxylic acids is 9. The van der Waals surface area contributed by atoms with Gasteiger partial charge in [0.05, 0.1) is 36.6 Å². The van der Waals surface area contributed by atoms with Crippen LogP contribution in [0.3, 0.4) is 0 Å². The molecule has 1 heterocycles. The van der Waals surface area contributed by atoms with E-state index in [0.717, 1.165) is 5.56 Å². The summed E-state index contributed by atoms with van der Waals surface area (Å²) in [6.07, 6.45) is -0.243. The number of urea groups is 1. The number of nitrogens with two attached hydrogens (primary N) is 1. The molecule has 9 N–H and O–H groups in total. The molecule has 480 valence electrons. The summed E-state index contributed by atoms with van der Waals surface area (Å²) in [5.41, 5.74) is 6.85. The topological polar surface area (TPSA) is 327 Å². The Hall–Kier alpha value is -7.34. The van der Waals surface area contributed by atoms with Gasteiger partial charge in [-0.25, -0.2) is 14.4 Å². The van der Waals surface area contributed by atoms with Crippen LogP contribution in [0.4, 0.5) is 15.3 Å². The van der Waals surface area contributed by atoms with Crippen LogP contribution >= 0.6 is 0 Å². The zero-order chi connectivity index (χ0) is 64.7. The molecule has 3 rings (SSSR count). The molecule has 1 aliphatic rings. The summed E-state index contributed by atoms with van der Waals surface area (Å²) < 4.78 is 17.6. The molecule has 11 atom stereocenters. The van der Waals surface area contributed by atoms with E-state index in [-0.39, 0.29) is 62.0 Å². The van der Waals surface area contributed by atoms with E-state index < -0.39 is 120 Å². The number of nitrogens with one attached hydrogen (secondary N) is 6. The van der Waals surface area contributed by atoms with Crippen LogP contribution in [0.1, 0.15) is 126 Å². The minimum Gasteiger partial charge on any atom is -0.480 e. The van der Waals surface area contributed by atoms with Gasteiger partial charge in [0.1, 0.15) is 36.8 Å². The van der Waals surface area contributed by atoms with Gasteiger partial charge in [-0.1, -0.05) is 125 Å². The van der Waals surface area contributed by atoms with Crippen molar-refractivity contribution in [1.29, 1.82) is 0 Å². The normalized spacial score (nSPS) is 16.7. The van der Waals surface area contributed by atoms with E-state index >= 15 is 0 Å². The highest BCUT2D eigenvalue weighted by molar-refractivity contribution is 5.98. The van der Waals surface area contributed by atoms with E-state index in [4.69, 9.17) is 19.9 Å². The van der Waals surface area contributed by atoms with Crippen molar-refractivity contribution in [3.05, 3.63) is 65.7 Å². The zero-order valence-corrected chi connectivity index (χ0v) is 53.1. The molecule has 0 aliphatic carbocycles. The monoisotopic (exact) mass is 1210 g/mol. The number of aliphatic carboxylic acids is 1. The van der Waals surface area contributed by atoms with Crippen LogP contribution in [0, 0.1) is 35.5 Å². The van der Waals surface area contributed by atoms with Gasteiger partial charge in [-0.15, -0.1) is 0 Å². The van der Waals surface area contributed by atoms with Crippen molar-refractivity contribution in [2.45, 2.75) is 182 Å². The second-order valence-corrected chi connectivity index (χ2v) is 23.8. The van der Waals surface area contributed by atoms with Gasteiger partial charge in [0.15, 0.2) is 0 Å². The Morgan fingerprint density at radius 3 is 1.84 bits per heavy atom. The Bertz CT molecular complexity index is 2570. The average Bonchev–Trinajstić information content (AvgIpc) is 2.07. The third-order valence-electron chi connectivity index (χ3n) is 15.9. The first-order valence-electron chi connectivity index (χ1n) is 29.9. The smallest absolute Gasteiger partial charge is 0.410 e. The predicted molar refractivity (Wildman–Crippen MR) is 325 cm³/mol. The van der Waals surface area contributed by atoms with Crippen LogP contribution in [0.2, 0.25) is 0 Å². The Morgan fingerprint density at radius 2 is 1.30 bits per heavy atom. The van der Waals surface area contributed by atoms with Crippen molar-refractivity contribution in [3.8, 4) is 0 Å². The molecule has 11 unspecified atom stereocenters. The Balaban J connectivity index is 1.72. The molecule has 86 heavy (non-hydrogen) atoms. The molecule has 0 radical (unpaired) electrons. The zero-order valence-electron chi connectivity index (χ0n) is 53.1. The van der Waals surface area contributed by atoms with E-state index in [1.807, 2.05) is 19.9 Å². The first kappa shape index (κ1) is 72.9. The minimum atomic E-state index is -1.19. The largest absolute Gasteiger partial charge is 0.480 e. The lowest BCUT2D eigenvalue weighted by Crippen LogP contribution is -2.60. The minimum absolute atomic E-state index is 0.0818. The fourth-order valence-electron chi connectivity index (χ4n) is 10.7. The number of primary amides is 1. The van der Waals surface area contributed by atoms with Crippen molar-refractivity contribution in [3.63, 3.8) is 0 Å². The Kier molecular flexibility index (Phi) is 30.0. The molecule has 2 aromatic carbocycles. The average molecular weight is 1210 g/mol. The molecular weight excluding hydrogens is 1110 g/mol. The lowest BCUT2D eigenvalue weighted by molar-refractivity contribution is -0.148. The summed E-state index contributed by atoms with van der Waals surface area (Å²) in [6.45, 7) is 19.9. The van der Waals surface area contributed by atoms with Crippen molar-refractivity contribution in [1.82, 2.24) is 41.3 Å². The molecular formula is C62H98N10O14. The SMILES string of the molecule is CCC(C)C(C(CC(=O)N1CCCC1C(OC)C(C)C(=O)NC(Cc1ccccc1)C(=O)O)OC)N(C)C(=O)C(NC(=O)C(C(C)C)N(C)C(=O)OCc1ccc(NC(=O)C(CCCNC(N)=O)NC(=O)C(NC(=O)C(C)C)C(C)C)cc1)C(C)C. The van der Waals surface area contributed by atoms with E-state index in [0.29, 0.717) is 43.5 Å². The van der Waals surface area contributed by atoms with Crippen molar-refractivity contribution in [2.24, 2.45) is 41.2 Å². The van der Waals surface area contributed by atoms with Crippen LogP contribution in [0.25, 0.3) is 0 Å². The lowest BCUT2D eigenvalue weighted by Gasteiger charge is -2.41. The van der Waals surface area contributed by atoms with E-state index in [1.54, 1.807) is 123 Å². The van der Waals surface area contributed by atoms with Crippen LogP contribution in [-0.2, 0) is 65.6 Å². The number of amides is 10. The number of rotatable bonds is 34. The van der Waals surface area contributed by atoms with Gasteiger partial charge in [0, 0.05) is 59.4 Å². The molecule has 10 amide bonds. The van der Waals surface area contributed by atoms with Crippen molar-refractivity contribution < 1.29 is 67.3 Å². The number of carboxylic acids is 1. The summed E-state index contributed by atoms with van der Waals surface area (Å²) in [6, 6.07) is 8.21. The van der Waals surface area contributed by atoms with Gasteiger partial charge in [0.25, 0.3) is 0 Å². The Labute approximate surface area is 507 Å². The van der Waals surface area contributed by atoms with Gasteiger partial charge in [-0.3, -0.25) is 38.5 Å². The van der Waals surface area contributed by atoms with Crippen LogP contribution in [-0.4, -0.2) is 175 Å². The van der Waals surface area contributed by atoms with Crippen LogP contribution in [0.15, 0.2) is 54.6 Å². The summed E-state index contributed by atoms with van der Waals surface area (Å²) in [7, 11) is 5.99. The number of ether oxygens (including phenoxy) is 3. The predicted octanol–water partition coefficient (Wildman–Crippen LogP) is 4.82. The molecule has 1 fully saturated rings. The third kappa shape index (κ3) is 21.6. The Morgan fingerprint density at radius 1 is 0.698 bits per heavy atom. The highest BCUT2D eigenvalue weighted by Gasteiger charge is 2.44. The fourth-order valence-corrected chi connectivity index (χ4v) is 10.7. The van der Waals surface area contributed by atoms with E-state index in [2.05, 4.69) is 31.9 Å². The lowest BCUT2D eigenvalue weighted by atomic mass is 9.89. The number of benzene rings is 2. The van der Waals surface area contributed by atoms with Crippen molar-refractivity contribution in [2.75, 3.05) is 46.7 Å². The number of nitrogens with zero attached hydrogens (tertiary/aromatic N) is 3. The maximum Gasteiger partial charge on any atom is 0.410 e. The van der Waals surface area contributed by atoms with Gasteiger partial charge < -0.3 is 66.8 Å². The second-order valence-electron chi connectivity index (χ2n) is 23.8. The number of carbonyl (C=O) groups is 10. The van der Waals surface area contributed by atoms with Gasteiger partial charge >= 0.3 is 18.1 Å². The van der Waals surface area contributed by atoms with Crippen molar-refractivity contribution >= 4 is 65.1 Å². The second kappa shape index (κ2) is 35.3. The number of hydrogen-bond acceptors (Lipinski definition) is 13. The summed E-state index contributed by atoms with van der Waals surface area (Å²) in [4.78, 5) is 138. The summed E-state index contributed by atoms with van der Waals surface area (Å²) in [5, 5.41) is 26.3. The molecule has 0 saturated carbocycles. The fraction of sp³-hybridized carbons (Fsp3) is 0.645. The molecule has 0 bridgehead atoms. The number of carboxylic acid groups (broad SMARTS) is 1. The van der Waals surface area contributed by atoms with E-state index in [1.165, 1.54) is 31.1 Å². The van der Waals surface area contributed by atoms with E-state index in [9.17, 15) is 53.1 Å². The summed E-state index contributed by atoms with van der Waals surface area (Å²) >= 11 is 0. The quantitative estimate of drug-likeness (QED) is 0.0436. The summed E-state index contributed by atoms with van der Waals surface area (Å²) in [5.74, 6) is -7.00.